The fourth-order valence-electron chi connectivity index (χ4n) is 6.87. The fourth-order valence-corrected chi connectivity index (χ4v) is 6.87. The monoisotopic (exact) mass is 342 g/mol. The summed E-state index contributed by atoms with van der Waals surface area (Å²) in [7, 11) is 1.43. The number of carbonyl (C=O) groups excluding carboxylic acids is 2. The quantitative estimate of drug-likeness (QED) is 0.397. The second-order valence-electron chi connectivity index (χ2n) is 9.12. The first kappa shape index (κ1) is 17.1. The van der Waals surface area contributed by atoms with Gasteiger partial charge in [0.05, 0.1) is 7.11 Å². The van der Waals surface area contributed by atoms with E-state index in [2.05, 4.69) is 19.9 Å². The smallest absolute Gasteiger partial charge is 0.330 e. The van der Waals surface area contributed by atoms with E-state index in [0.717, 1.165) is 31.3 Å². The number of hydrogen-bond acceptors (Lipinski definition) is 3. The molecule has 4 rings (SSSR count). The molecule has 4 aliphatic carbocycles. The first-order valence-electron chi connectivity index (χ1n) is 9.91. The summed E-state index contributed by atoms with van der Waals surface area (Å²) < 4.78 is 4.85. The molecule has 25 heavy (non-hydrogen) atoms. The average molecular weight is 342 g/mol. The molecule has 0 heterocycles. The number of ketones is 1. The molecule has 0 amide bonds. The van der Waals surface area contributed by atoms with Gasteiger partial charge in [-0.2, -0.15) is 0 Å². The van der Waals surface area contributed by atoms with Crippen LogP contribution in [0.4, 0.5) is 0 Å². The second-order valence-corrected chi connectivity index (χ2v) is 9.12. The van der Waals surface area contributed by atoms with E-state index in [4.69, 9.17) is 4.74 Å². The number of carbonyl (C=O) groups is 2. The van der Waals surface area contributed by atoms with Gasteiger partial charge in [-0.1, -0.05) is 31.1 Å². The summed E-state index contributed by atoms with van der Waals surface area (Å²) in [5, 5.41) is 0. The summed E-state index contributed by atoms with van der Waals surface area (Å²) >= 11 is 0. The van der Waals surface area contributed by atoms with Gasteiger partial charge in [-0.3, -0.25) is 4.79 Å². The number of rotatable bonds is 1. The van der Waals surface area contributed by atoms with E-state index < -0.39 is 0 Å². The number of allylic oxidation sites excluding steroid dienone is 3. The van der Waals surface area contributed by atoms with Gasteiger partial charge in [0.2, 0.25) is 0 Å². The molecule has 0 saturated heterocycles. The maximum Gasteiger partial charge on any atom is 0.330 e. The van der Waals surface area contributed by atoms with Crippen molar-refractivity contribution < 1.29 is 14.3 Å². The number of esters is 1. The third kappa shape index (κ3) is 2.38. The summed E-state index contributed by atoms with van der Waals surface area (Å²) in [4.78, 5) is 25.2. The number of ether oxygens (including phenoxy) is 1. The highest BCUT2D eigenvalue weighted by Crippen LogP contribution is 2.65. The Morgan fingerprint density at radius 2 is 2.04 bits per heavy atom. The Labute approximate surface area is 150 Å². The molecule has 0 radical (unpaired) electrons. The number of fused-ring (bicyclic) bond motifs is 5. The van der Waals surface area contributed by atoms with Crippen LogP contribution in [0.2, 0.25) is 0 Å². The van der Waals surface area contributed by atoms with E-state index in [1.54, 1.807) is 11.6 Å². The SMILES string of the molecule is COC(=O)C=C1CC[C@H]2[C@@H]3CCC4=CCCC[C@]4(C)[C@H]3C(=O)C[C@]12C. The van der Waals surface area contributed by atoms with E-state index in [1.165, 1.54) is 26.4 Å². The maximum atomic E-state index is 13.4. The van der Waals surface area contributed by atoms with Gasteiger partial charge in [-0.15, -0.1) is 0 Å². The summed E-state index contributed by atoms with van der Waals surface area (Å²) in [5.41, 5.74) is 2.65. The second kappa shape index (κ2) is 5.82. The van der Waals surface area contributed by atoms with Crippen molar-refractivity contribution in [3.05, 3.63) is 23.3 Å². The predicted molar refractivity (Wildman–Crippen MR) is 96.8 cm³/mol. The van der Waals surface area contributed by atoms with Crippen molar-refractivity contribution >= 4 is 11.8 Å². The van der Waals surface area contributed by atoms with Gasteiger partial charge in [0, 0.05) is 18.4 Å². The van der Waals surface area contributed by atoms with Crippen molar-refractivity contribution in [1.82, 2.24) is 0 Å². The van der Waals surface area contributed by atoms with Gasteiger partial charge < -0.3 is 4.74 Å². The van der Waals surface area contributed by atoms with Crippen LogP contribution < -0.4 is 0 Å². The summed E-state index contributed by atoms with van der Waals surface area (Å²) in [6, 6.07) is 0. The molecule has 0 aromatic carbocycles. The Morgan fingerprint density at radius 1 is 1.24 bits per heavy atom. The van der Waals surface area contributed by atoms with E-state index in [9.17, 15) is 9.59 Å². The molecule has 0 spiro atoms. The minimum absolute atomic E-state index is 0.0917. The van der Waals surface area contributed by atoms with Gasteiger partial charge in [0.15, 0.2) is 0 Å². The first-order valence-corrected chi connectivity index (χ1v) is 9.91. The lowest BCUT2D eigenvalue weighted by atomic mass is 9.47. The average Bonchev–Trinajstić information content (AvgIpc) is 2.89. The van der Waals surface area contributed by atoms with Crippen LogP contribution in [0.3, 0.4) is 0 Å². The van der Waals surface area contributed by atoms with Gasteiger partial charge in [-0.05, 0) is 67.6 Å². The van der Waals surface area contributed by atoms with E-state index >= 15 is 0 Å². The van der Waals surface area contributed by atoms with Crippen molar-refractivity contribution in [2.24, 2.45) is 28.6 Å². The molecule has 3 saturated carbocycles. The Balaban J connectivity index is 1.71. The lowest BCUT2D eigenvalue weighted by Crippen LogP contribution is -2.53. The first-order chi connectivity index (χ1) is 11.9. The lowest BCUT2D eigenvalue weighted by molar-refractivity contribution is -0.142. The van der Waals surface area contributed by atoms with Crippen LogP contribution in [-0.4, -0.2) is 18.9 Å². The third-order valence-electron chi connectivity index (χ3n) is 8.06. The van der Waals surface area contributed by atoms with E-state index in [-0.39, 0.29) is 22.7 Å². The van der Waals surface area contributed by atoms with E-state index in [1.807, 2.05) is 0 Å². The normalized spacial score (nSPS) is 44.6. The van der Waals surface area contributed by atoms with Gasteiger partial charge >= 0.3 is 5.97 Å². The number of Topliss-reactive ketones (excluding diaryl/α,β-unsaturated/α-hetero) is 1. The molecule has 4 aliphatic rings. The molecule has 3 fully saturated rings. The van der Waals surface area contributed by atoms with Gasteiger partial charge in [0.1, 0.15) is 5.78 Å². The zero-order valence-corrected chi connectivity index (χ0v) is 15.8. The molecule has 3 heteroatoms. The Kier molecular flexibility index (Phi) is 3.97. The van der Waals surface area contributed by atoms with Crippen LogP contribution in [0, 0.1) is 28.6 Å². The van der Waals surface area contributed by atoms with Crippen molar-refractivity contribution in [3.63, 3.8) is 0 Å². The number of methoxy groups -OCH3 is 1. The highest BCUT2D eigenvalue weighted by atomic mass is 16.5. The molecule has 0 aliphatic heterocycles. The van der Waals surface area contributed by atoms with Gasteiger partial charge in [-0.25, -0.2) is 4.79 Å². The molecule has 3 nitrogen and oxygen atoms in total. The molecule has 0 unspecified atom stereocenters. The summed E-state index contributed by atoms with van der Waals surface area (Å²) in [6.45, 7) is 4.58. The molecule has 0 aromatic rings. The number of hydrogen-bond donors (Lipinski definition) is 0. The maximum absolute atomic E-state index is 13.4. The fraction of sp³-hybridized carbons (Fsp3) is 0.727. The molecule has 136 valence electrons. The van der Waals surface area contributed by atoms with E-state index in [0.29, 0.717) is 24.0 Å². The van der Waals surface area contributed by atoms with Crippen molar-refractivity contribution in [2.45, 2.75) is 65.2 Å². The zero-order valence-electron chi connectivity index (χ0n) is 15.8. The molecule has 0 aromatic heterocycles. The summed E-state index contributed by atoms with van der Waals surface area (Å²) in [6.07, 6.45) is 12.6. The topological polar surface area (TPSA) is 43.4 Å². The van der Waals surface area contributed by atoms with Crippen LogP contribution >= 0.6 is 0 Å². The van der Waals surface area contributed by atoms with Crippen LogP contribution in [-0.2, 0) is 14.3 Å². The standard InChI is InChI=1S/C22H30O3/c1-21-11-5-4-6-14(21)7-9-16-17-10-8-15(12-19(24)25-3)22(17,2)13-18(23)20(16)21/h6,12,16-17,20H,4-5,7-11,13H2,1-3H3/t16-,17-,20+,21-,22+/m0/s1. The van der Waals surface area contributed by atoms with Crippen molar-refractivity contribution in [2.75, 3.05) is 7.11 Å². The predicted octanol–water partition coefficient (Wildman–Crippen LogP) is 4.62. The largest absolute Gasteiger partial charge is 0.466 e. The van der Waals surface area contributed by atoms with Crippen LogP contribution in [0.1, 0.15) is 65.2 Å². The molecule has 0 bridgehead atoms. The lowest BCUT2D eigenvalue weighted by Gasteiger charge is -2.56. The zero-order chi connectivity index (χ0) is 17.8. The third-order valence-corrected chi connectivity index (χ3v) is 8.06. The molecular formula is C22H30O3. The molecule has 5 atom stereocenters. The minimum atomic E-state index is -0.278. The minimum Gasteiger partial charge on any atom is -0.466 e. The van der Waals surface area contributed by atoms with Crippen LogP contribution in [0.15, 0.2) is 23.3 Å². The molecule has 0 N–H and O–H groups in total. The Morgan fingerprint density at radius 3 is 2.80 bits per heavy atom. The molecular weight excluding hydrogens is 312 g/mol. The van der Waals surface area contributed by atoms with Gasteiger partial charge in [0.25, 0.3) is 0 Å². The van der Waals surface area contributed by atoms with Crippen molar-refractivity contribution in [3.8, 4) is 0 Å². The Bertz CT molecular complexity index is 673. The van der Waals surface area contributed by atoms with Crippen LogP contribution in [0.5, 0.6) is 0 Å². The highest BCUT2D eigenvalue weighted by Gasteiger charge is 2.60. The van der Waals surface area contributed by atoms with Crippen molar-refractivity contribution in [1.29, 1.82) is 0 Å². The van der Waals surface area contributed by atoms with Crippen LogP contribution in [0.25, 0.3) is 0 Å². The summed E-state index contributed by atoms with van der Waals surface area (Å²) in [5.74, 6) is 1.38. The Hall–Kier alpha value is -1.38. The highest BCUT2D eigenvalue weighted by molar-refractivity contribution is 5.87.